The Morgan fingerprint density at radius 3 is 2.80 bits per heavy atom. The van der Waals surface area contributed by atoms with Crippen molar-refractivity contribution in [3.63, 3.8) is 0 Å². The highest BCUT2D eigenvalue weighted by molar-refractivity contribution is 7.09. The molecule has 0 spiro atoms. The first-order valence-electron chi connectivity index (χ1n) is 6.26. The van der Waals surface area contributed by atoms with E-state index in [4.69, 9.17) is 10.5 Å². The highest BCUT2D eigenvalue weighted by atomic mass is 32.1. The number of methoxy groups -OCH3 is 1. The minimum atomic E-state index is -0.362. The van der Waals surface area contributed by atoms with Gasteiger partial charge in [0.2, 0.25) is 5.95 Å². The van der Waals surface area contributed by atoms with Crippen molar-refractivity contribution in [3.05, 3.63) is 34.8 Å². The third kappa shape index (κ3) is 1.84. The summed E-state index contributed by atoms with van der Waals surface area (Å²) >= 11 is 1.61. The van der Waals surface area contributed by atoms with E-state index in [0.717, 1.165) is 21.8 Å². The van der Waals surface area contributed by atoms with Gasteiger partial charge in [-0.25, -0.2) is 9.97 Å². The van der Waals surface area contributed by atoms with Gasteiger partial charge in [-0.15, -0.1) is 11.3 Å². The van der Waals surface area contributed by atoms with Gasteiger partial charge < -0.3 is 10.5 Å². The number of ether oxygens (including phenoxy) is 1. The second-order valence-corrected chi connectivity index (χ2v) is 5.95. The van der Waals surface area contributed by atoms with E-state index in [0.29, 0.717) is 5.95 Å². The van der Waals surface area contributed by atoms with Crippen molar-refractivity contribution in [1.29, 1.82) is 0 Å². The summed E-state index contributed by atoms with van der Waals surface area (Å²) in [4.78, 5) is 8.84. The molecule has 2 N–H and O–H groups in total. The first-order chi connectivity index (χ1) is 9.54. The molecule has 2 aromatic heterocycles. The van der Waals surface area contributed by atoms with E-state index in [9.17, 15) is 0 Å². The largest absolute Gasteiger partial charge is 0.497 e. The number of benzene rings is 1. The van der Waals surface area contributed by atoms with Crippen LogP contribution in [0, 0.1) is 0 Å². The number of imidazole rings is 1. The molecular weight excluding hydrogens is 272 g/mol. The second kappa shape index (κ2) is 4.49. The maximum absolute atomic E-state index is 6.12. The van der Waals surface area contributed by atoms with Gasteiger partial charge in [-0.05, 0) is 26.0 Å². The van der Waals surface area contributed by atoms with Crippen LogP contribution in [-0.4, -0.2) is 21.6 Å². The molecule has 0 amide bonds. The van der Waals surface area contributed by atoms with E-state index in [1.54, 1.807) is 24.6 Å². The third-order valence-corrected chi connectivity index (χ3v) is 4.49. The summed E-state index contributed by atoms with van der Waals surface area (Å²) in [5.41, 5.74) is 7.56. The number of nitrogens with two attached hydrogens (primary N) is 1. The van der Waals surface area contributed by atoms with Crippen LogP contribution in [0.15, 0.2) is 29.8 Å². The van der Waals surface area contributed by atoms with Gasteiger partial charge in [0, 0.05) is 17.6 Å². The summed E-state index contributed by atoms with van der Waals surface area (Å²) in [6.45, 7) is 4.17. The number of aromatic nitrogens is 3. The van der Waals surface area contributed by atoms with Crippen LogP contribution in [0.25, 0.3) is 11.0 Å². The average Bonchev–Trinajstić information content (AvgIpc) is 3.04. The van der Waals surface area contributed by atoms with Crippen molar-refractivity contribution < 1.29 is 4.74 Å². The summed E-state index contributed by atoms with van der Waals surface area (Å²) in [7, 11) is 1.65. The summed E-state index contributed by atoms with van der Waals surface area (Å²) in [6.07, 6.45) is 1.80. The molecule has 0 aliphatic carbocycles. The minimum Gasteiger partial charge on any atom is -0.497 e. The number of anilines is 1. The number of nitrogen functional groups attached to an aromatic ring is 1. The summed E-state index contributed by atoms with van der Waals surface area (Å²) in [5, 5.41) is 2.96. The Balaban J connectivity index is 2.27. The highest BCUT2D eigenvalue weighted by Crippen LogP contribution is 2.34. The first kappa shape index (κ1) is 12.9. The van der Waals surface area contributed by atoms with E-state index in [-0.39, 0.29) is 5.54 Å². The summed E-state index contributed by atoms with van der Waals surface area (Å²) < 4.78 is 7.30. The minimum absolute atomic E-state index is 0.362. The van der Waals surface area contributed by atoms with Gasteiger partial charge in [0.25, 0.3) is 0 Å². The van der Waals surface area contributed by atoms with Crippen LogP contribution in [0.3, 0.4) is 0 Å². The molecule has 3 aromatic rings. The molecule has 3 rings (SSSR count). The molecule has 0 saturated carbocycles. The van der Waals surface area contributed by atoms with Crippen LogP contribution in [0.1, 0.15) is 18.9 Å². The van der Waals surface area contributed by atoms with Gasteiger partial charge in [-0.3, -0.25) is 4.57 Å². The van der Waals surface area contributed by atoms with Crippen molar-refractivity contribution in [2.75, 3.05) is 12.8 Å². The molecule has 2 heterocycles. The van der Waals surface area contributed by atoms with Gasteiger partial charge in [-0.2, -0.15) is 0 Å². The van der Waals surface area contributed by atoms with Crippen molar-refractivity contribution in [2.24, 2.45) is 0 Å². The Bertz CT molecular complexity index is 746. The van der Waals surface area contributed by atoms with Crippen LogP contribution in [0.2, 0.25) is 0 Å². The molecule has 0 aliphatic rings. The molecule has 0 atom stereocenters. The zero-order valence-electron chi connectivity index (χ0n) is 11.6. The lowest BCUT2D eigenvalue weighted by Crippen LogP contribution is -2.28. The smallest absolute Gasteiger partial charge is 0.202 e. The van der Waals surface area contributed by atoms with Crippen LogP contribution < -0.4 is 10.5 Å². The quantitative estimate of drug-likeness (QED) is 0.804. The maximum Gasteiger partial charge on any atom is 0.202 e. The Morgan fingerprint density at radius 2 is 2.15 bits per heavy atom. The first-order valence-corrected chi connectivity index (χ1v) is 7.14. The zero-order valence-corrected chi connectivity index (χ0v) is 12.4. The lowest BCUT2D eigenvalue weighted by atomic mass is 10.1. The van der Waals surface area contributed by atoms with Gasteiger partial charge in [0.1, 0.15) is 10.8 Å². The lowest BCUT2D eigenvalue weighted by molar-refractivity contribution is 0.414. The number of rotatable bonds is 3. The number of nitrogens with zero attached hydrogens (tertiary/aromatic N) is 3. The lowest BCUT2D eigenvalue weighted by Gasteiger charge is -2.26. The van der Waals surface area contributed by atoms with Crippen molar-refractivity contribution in [1.82, 2.24) is 14.5 Å². The van der Waals surface area contributed by atoms with E-state index in [2.05, 4.69) is 23.8 Å². The molecule has 0 radical (unpaired) electrons. The zero-order chi connectivity index (χ0) is 14.3. The molecule has 0 fully saturated rings. The molecule has 0 saturated heterocycles. The molecule has 5 nitrogen and oxygen atoms in total. The van der Waals surface area contributed by atoms with Gasteiger partial charge in [0.15, 0.2) is 0 Å². The van der Waals surface area contributed by atoms with E-state index >= 15 is 0 Å². The average molecular weight is 288 g/mol. The maximum atomic E-state index is 6.12. The van der Waals surface area contributed by atoms with Crippen molar-refractivity contribution in [2.45, 2.75) is 19.4 Å². The monoisotopic (exact) mass is 288 g/mol. The Morgan fingerprint density at radius 1 is 1.35 bits per heavy atom. The predicted molar refractivity (Wildman–Crippen MR) is 81.2 cm³/mol. The fraction of sp³-hybridized carbons (Fsp3) is 0.286. The number of fused-ring (bicyclic) bond motifs is 1. The van der Waals surface area contributed by atoms with Crippen LogP contribution in [-0.2, 0) is 5.54 Å². The van der Waals surface area contributed by atoms with Crippen LogP contribution >= 0.6 is 11.3 Å². The second-order valence-electron chi connectivity index (χ2n) is 5.06. The molecule has 104 valence electrons. The third-order valence-electron chi connectivity index (χ3n) is 3.40. The molecule has 6 heteroatoms. The standard InChI is InChI=1S/C14H16N4OS/c1-14(2,12-16-6-7-20-12)18-11-8-9(19-3)4-5-10(11)17-13(18)15/h4-8H,1-3H3,(H2,15,17). The Kier molecular flexibility index (Phi) is 2.90. The fourth-order valence-electron chi connectivity index (χ4n) is 2.41. The molecule has 20 heavy (non-hydrogen) atoms. The summed E-state index contributed by atoms with van der Waals surface area (Å²) in [5.74, 6) is 1.27. The predicted octanol–water partition coefficient (Wildman–Crippen LogP) is 2.87. The topological polar surface area (TPSA) is 66.0 Å². The Hall–Kier alpha value is -2.08. The SMILES string of the molecule is COc1ccc2nc(N)n(C(C)(C)c3nccs3)c2c1. The van der Waals surface area contributed by atoms with Crippen LogP contribution in [0.4, 0.5) is 5.95 Å². The molecular formula is C14H16N4OS. The molecule has 0 bridgehead atoms. The van der Waals surface area contributed by atoms with Crippen molar-refractivity contribution >= 4 is 28.3 Å². The van der Waals surface area contributed by atoms with E-state index < -0.39 is 0 Å². The molecule has 0 aliphatic heterocycles. The van der Waals surface area contributed by atoms with Gasteiger partial charge in [0.05, 0.1) is 23.7 Å². The van der Waals surface area contributed by atoms with E-state index in [1.165, 1.54) is 0 Å². The molecule has 1 aromatic carbocycles. The van der Waals surface area contributed by atoms with Gasteiger partial charge >= 0.3 is 0 Å². The normalized spacial score (nSPS) is 11.9. The summed E-state index contributed by atoms with van der Waals surface area (Å²) in [6, 6.07) is 5.75. The fourth-order valence-corrected chi connectivity index (χ4v) is 3.16. The molecule has 0 unspecified atom stereocenters. The highest BCUT2D eigenvalue weighted by Gasteiger charge is 2.29. The van der Waals surface area contributed by atoms with E-state index in [1.807, 2.05) is 28.1 Å². The van der Waals surface area contributed by atoms with Gasteiger partial charge in [-0.1, -0.05) is 0 Å². The number of hydrogen-bond acceptors (Lipinski definition) is 5. The Labute approximate surface area is 121 Å². The van der Waals surface area contributed by atoms with Crippen molar-refractivity contribution in [3.8, 4) is 5.75 Å². The number of hydrogen-bond donors (Lipinski definition) is 1. The number of thiazole rings is 1. The van der Waals surface area contributed by atoms with Crippen LogP contribution in [0.5, 0.6) is 5.75 Å².